The highest BCUT2D eigenvalue weighted by Crippen LogP contribution is 2.43. The molecule has 0 aliphatic heterocycles. The molecule has 14 aromatic rings. The Balaban J connectivity index is 1.07. The van der Waals surface area contributed by atoms with Crippen LogP contribution in [0.15, 0.2) is 212 Å². The van der Waals surface area contributed by atoms with E-state index in [1.807, 2.05) is 0 Å². The summed E-state index contributed by atoms with van der Waals surface area (Å²) in [5, 5.41) is 13.0. The zero-order valence-electron chi connectivity index (χ0n) is 33.9. The molecule has 0 fully saturated rings. The highest BCUT2D eigenvalue weighted by Gasteiger charge is 2.23. The van der Waals surface area contributed by atoms with E-state index in [1.165, 1.54) is 48.7 Å². The van der Waals surface area contributed by atoms with Crippen molar-refractivity contribution in [1.82, 2.24) is 23.7 Å². The molecule has 0 spiro atoms. The van der Waals surface area contributed by atoms with Crippen molar-refractivity contribution in [3.63, 3.8) is 0 Å². The van der Waals surface area contributed by atoms with Crippen LogP contribution in [0.4, 0.5) is 0 Å². The summed E-state index contributed by atoms with van der Waals surface area (Å²) in [6, 6.07) is 76.6. The van der Waals surface area contributed by atoms with Gasteiger partial charge in [-0.2, -0.15) is 0 Å². The molecule has 0 saturated heterocycles. The van der Waals surface area contributed by atoms with Gasteiger partial charge < -0.3 is 9.13 Å². The first-order chi connectivity index (χ1) is 31.3. The monoisotopic (exact) mass is 801 g/mol. The molecule has 5 heteroatoms. The first-order valence-corrected chi connectivity index (χ1v) is 21.5. The quantitative estimate of drug-likeness (QED) is 0.178. The summed E-state index contributed by atoms with van der Waals surface area (Å²) in [6.07, 6.45) is 0. The Bertz CT molecular complexity index is 4210. The highest BCUT2D eigenvalue weighted by molar-refractivity contribution is 6.19. The van der Waals surface area contributed by atoms with Gasteiger partial charge in [-0.15, -0.1) is 0 Å². The molecule has 0 bridgehead atoms. The van der Waals surface area contributed by atoms with Crippen LogP contribution >= 0.6 is 0 Å². The molecule has 292 valence electrons. The van der Waals surface area contributed by atoms with Gasteiger partial charge in [0.2, 0.25) is 5.95 Å². The lowest BCUT2D eigenvalue weighted by Crippen LogP contribution is -2.04. The van der Waals surface area contributed by atoms with Crippen molar-refractivity contribution in [3.8, 4) is 28.6 Å². The zero-order chi connectivity index (χ0) is 41.2. The van der Waals surface area contributed by atoms with E-state index in [0.29, 0.717) is 5.95 Å². The summed E-state index contributed by atoms with van der Waals surface area (Å²) in [5.74, 6) is 0.638. The first kappa shape index (κ1) is 34.2. The minimum Gasteiger partial charge on any atom is -0.309 e. The van der Waals surface area contributed by atoms with Crippen molar-refractivity contribution in [3.05, 3.63) is 212 Å². The maximum Gasteiger partial charge on any atom is 0.235 e. The first-order valence-electron chi connectivity index (χ1n) is 21.5. The van der Waals surface area contributed by atoms with Crippen molar-refractivity contribution in [2.24, 2.45) is 0 Å². The lowest BCUT2D eigenvalue weighted by Gasteiger charge is -2.14. The molecule has 63 heavy (non-hydrogen) atoms. The van der Waals surface area contributed by atoms with Gasteiger partial charge in [0.25, 0.3) is 0 Å². The minimum absolute atomic E-state index is 0.638. The molecule has 5 nitrogen and oxygen atoms in total. The van der Waals surface area contributed by atoms with Crippen molar-refractivity contribution < 1.29 is 0 Å². The second kappa shape index (κ2) is 13.0. The van der Waals surface area contributed by atoms with E-state index in [0.717, 1.165) is 71.8 Å². The van der Waals surface area contributed by atoms with E-state index in [4.69, 9.17) is 9.97 Å². The summed E-state index contributed by atoms with van der Waals surface area (Å²) >= 11 is 0. The van der Waals surface area contributed by atoms with Gasteiger partial charge in [0.05, 0.1) is 50.0 Å². The number of hydrogen-bond acceptors (Lipinski definition) is 2. The summed E-state index contributed by atoms with van der Waals surface area (Å²) in [5.41, 5.74) is 11.9. The molecule has 0 atom stereocenters. The average molecular weight is 802 g/mol. The summed E-state index contributed by atoms with van der Waals surface area (Å²) in [7, 11) is 0. The molecule has 0 N–H and O–H groups in total. The van der Waals surface area contributed by atoms with Crippen LogP contribution in [-0.4, -0.2) is 23.7 Å². The molecule has 0 aliphatic rings. The predicted octanol–water partition coefficient (Wildman–Crippen LogP) is 14.9. The molecule has 0 saturated carbocycles. The van der Waals surface area contributed by atoms with Crippen LogP contribution < -0.4 is 0 Å². The van der Waals surface area contributed by atoms with Gasteiger partial charge in [-0.3, -0.25) is 4.57 Å². The topological polar surface area (TPSA) is 40.6 Å². The van der Waals surface area contributed by atoms with Gasteiger partial charge in [0.15, 0.2) is 0 Å². The number of rotatable bonds is 4. The van der Waals surface area contributed by atoms with Crippen LogP contribution in [0.1, 0.15) is 0 Å². The molecular weight excluding hydrogens is 767 g/mol. The molecule has 0 radical (unpaired) electrons. The number of nitrogens with zero attached hydrogens (tertiary/aromatic N) is 5. The highest BCUT2D eigenvalue weighted by atomic mass is 15.2. The Kier molecular flexibility index (Phi) is 7.05. The van der Waals surface area contributed by atoms with Crippen LogP contribution in [0.2, 0.25) is 0 Å². The van der Waals surface area contributed by atoms with Gasteiger partial charge in [0, 0.05) is 54.3 Å². The Hall–Kier alpha value is -8.54. The van der Waals surface area contributed by atoms with Gasteiger partial charge >= 0.3 is 0 Å². The maximum absolute atomic E-state index is 5.65. The molecular formula is C58H35N5. The van der Waals surface area contributed by atoms with E-state index in [2.05, 4.69) is 226 Å². The Morgan fingerprint density at radius 3 is 1.63 bits per heavy atom. The van der Waals surface area contributed by atoms with Crippen LogP contribution in [-0.2, 0) is 0 Å². The minimum atomic E-state index is 0.638. The molecule has 4 heterocycles. The number of aromatic nitrogens is 5. The van der Waals surface area contributed by atoms with E-state index in [1.54, 1.807) is 0 Å². The lowest BCUT2D eigenvalue weighted by atomic mass is 10.0. The third-order valence-corrected chi connectivity index (χ3v) is 13.2. The Morgan fingerprint density at radius 1 is 0.302 bits per heavy atom. The van der Waals surface area contributed by atoms with Crippen molar-refractivity contribution in [2.45, 2.75) is 0 Å². The number of para-hydroxylation sites is 5. The second-order valence-electron chi connectivity index (χ2n) is 16.6. The third kappa shape index (κ3) is 4.87. The fourth-order valence-corrected chi connectivity index (χ4v) is 10.5. The number of hydrogen-bond donors (Lipinski definition) is 0. The van der Waals surface area contributed by atoms with E-state index in [9.17, 15) is 0 Å². The third-order valence-electron chi connectivity index (χ3n) is 13.2. The largest absolute Gasteiger partial charge is 0.309 e. The fourth-order valence-electron chi connectivity index (χ4n) is 10.5. The van der Waals surface area contributed by atoms with Crippen LogP contribution in [0.5, 0.6) is 0 Å². The van der Waals surface area contributed by atoms with Gasteiger partial charge in [-0.05, 0) is 89.0 Å². The number of fused-ring (bicyclic) bond motifs is 12. The Morgan fingerprint density at radius 2 is 0.857 bits per heavy atom. The van der Waals surface area contributed by atoms with Gasteiger partial charge in [-0.1, -0.05) is 140 Å². The predicted molar refractivity (Wildman–Crippen MR) is 263 cm³/mol. The van der Waals surface area contributed by atoms with E-state index < -0.39 is 0 Å². The van der Waals surface area contributed by atoms with Crippen LogP contribution in [0.25, 0.3) is 126 Å². The van der Waals surface area contributed by atoms with Crippen molar-refractivity contribution in [1.29, 1.82) is 0 Å². The zero-order valence-corrected chi connectivity index (χ0v) is 33.9. The molecule has 4 aromatic heterocycles. The summed E-state index contributed by atoms with van der Waals surface area (Å²) < 4.78 is 7.10. The smallest absolute Gasteiger partial charge is 0.235 e. The molecule has 14 rings (SSSR count). The van der Waals surface area contributed by atoms with E-state index in [-0.39, 0.29) is 0 Å². The number of benzene rings is 10. The molecule has 10 aromatic carbocycles. The fraction of sp³-hybridized carbons (Fsp3) is 0. The SMILES string of the molecule is c1ccc(-n2c3ccccc3c3c(-c4nc(-n5c6ccccc6c6cc7cccc(-n8c9ccccc9c9cc%10ccccc%10cc98)c7cc65)nc5ccccc45)cccc32)cc1. The standard InChI is InChI=1S/C58H35N5/c1-2-19-39(20-3-1)61-51-29-13-9-24-43(51)56-44(25-15-31-53(56)61)57-42-23-6-10-26-48(42)59-58(60-57)63-50-28-12-8-22-41(50)47-33-38-18-14-30-52(45(38)35-55(47)63)62-49-27-11-7-21-40(49)46-32-36-16-4-5-17-37(36)34-54(46)62/h1-35H. The Labute approximate surface area is 360 Å². The van der Waals surface area contributed by atoms with Gasteiger partial charge in [-0.25, -0.2) is 9.97 Å². The second-order valence-corrected chi connectivity index (χ2v) is 16.6. The van der Waals surface area contributed by atoms with Crippen molar-refractivity contribution >= 4 is 97.9 Å². The van der Waals surface area contributed by atoms with Crippen molar-refractivity contribution in [2.75, 3.05) is 0 Å². The average Bonchev–Trinajstić information content (AvgIpc) is 3.97. The molecule has 0 aliphatic carbocycles. The van der Waals surface area contributed by atoms with Crippen LogP contribution in [0, 0.1) is 0 Å². The van der Waals surface area contributed by atoms with E-state index >= 15 is 0 Å². The summed E-state index contributed by atoms with van der Waals surface area (Å²) in [6.45, 7) is 0. The summed E-state index contributed by atoms with van der Waals surface area (Å²) in [4.78, 5) is 11.1. The van der Waals surface area contributed by atoms with Gasteiger partial charge in [0.1, 0.15) is 0 Å². The van der Waals surface area contributed by atoms with Crippen LogP contribution in [0.3, 0.4) is 0 Å². The molecule has 0 unspecified atom stereocenters. The normalized spacial score (nSPS) is 12.1. The lowest BCUT2D eigenvalue weighted by molar-refractivity contribution is 1.01. The maximum atomic E-state index is 5.65. The molecule has 0 amide bonds.